The summed E-state index contributed by atoms with van der Waals surface area (Å²) >= 11 is 0. The zero-order valence-electron chi connectivity index (χ0n) is 28.2. The molecule has 8 heteroatoms. The fourth-order valence-corrected chi connectivity index (χ4v) is 6.21. The van der Waals surface area contributed by atoms with E-state index in [0.717, 1.165) is 90.0 Å². The van der Waals surface area contributed by atoms with Crippen molar-refractivity contribution in [3.05, 3.63) is 66.1 Å². The first-order valence-electron chi connectivity index (χ1n) is 16.5. The van der Waals surface area contributed by atoms with Crippen LogP contribution in [0.5, 0.6) is 5.75 Å². The molecule has 1 unspecified atom stereocenters. The molecule has 2 N–H and O–H groups in total. The first-order chi connectivity index (χ1) is 21.8. The zero-order chi connectivity index (χ0) is 32.7. The number of likely N-dealkylation sites (tertiary alicyclic amines) is 1. The number of benzene rings is 1. The zero-order valence-corrected chi connectivity index (χ0v) is 28.2. The minimum atomic E-state index is -0.310. The predicted molar refractivity (Wildman–Crippen MR) is 185 cm³/mol. The second kappa shape index (κ2) is 14.7. The number of anilines is 1. The van der Waals surface area contributed by atoms with Crippen LogP contribution in [0.15, 0.2) is 49.3 Å². The van der Waals surface area contributed by atoms with Crippen molar-refractivity contribution in [1.29, 1.82) is 0 Å². The largest absolute Gasteiger partial charge is 0.496 e. The highest BCUT2D eigenvalue weighted by atomic mass is 16.5. The second-order valence-electron chi connectivity index (χ2n) is 11.8. The lowest BCUT2D eigenvalue weighted by molar-refractivity contribution is -0.141. The standard InChI is InChI=1S/C35H44N6O2.C2H6/c1-7-23-20-25(14-16-30(23)43-6)29-15-13-26(21-37-29)28-22-38-41-32(36)27(8-2)31(39-33(28)41)24-12-11-18-40(19-17-24)34(42)35(5,9-3)10-4;1-2/h8,13-16,20-22,24H,2,7,9-12,17-19,36H2,1,3-6H3;1-2H3. The molecule has 1 aromatic carbocycles. The number of ether oxygens (including phenoxy) is 1. The molecule has 5 rings (SSSR count). The monoisotopic (exact) mass is 610 g/mol. The van der Waals surface area contributed by atoms with Gasteiger partial charge < -0.3 is 15.4 Å². The third-order valence-electron chi connectivity index (χ3n) is 9.46. The van der Waals surface area contributed by atoms with Gasteiger partial charge in [-0.1, -0.05) is 60.3 Å². The van der Waals surface area contributed by atoms with Crippen molar-refractivity contribution < 1.29 is 9.53 Å². The van der Waals surface area contributed by atoms with Crippen molar-refractivity contribution in [1.82, 2.24) is 24.5 Å². The van der Waals surface area contributed by atoms with Crippen molar-refractivity contribution >= 4 is 23.4 Å². The Morgan fingerprint density at radius 1 is 1.09 bits per heavy atom. The summed E-state index contributed by atoms with van der Waals surface area (Å²) in [6.45, 7) is 18.0. The predicted octanol–water partition coefficient (Wildman–Crippen LogP) is 8.20. The molecule has 0 aliphatic carbocycles. The summed E-state index contributed by atoms with van der Waals surface area (Å²) in [5.74, 6) is 1.84. The molecule has 1 aliphatic heterocycles. The van der Waals surface area contributed by atoms with Gasteiger partial charge in [0.1, 0.15) is 11.6 Å². The Morgan fingerprint density at radius 3 is 2.44 bits per heavy atom. The average Bonchev–Trinajstić information content (AvgIpc) is 3.37. The molecule has 1 saturated heterocycles. The van der Waals surface area contributed by atoms with E-state index < -0.39 is 0 Å². The summed E-state index contributed by atoms with van der Waals surface area (Å²) < 4.78 is 7.19. The second-order valence-corrected chi connectivity index (χ2v) is 11.8. The summed E-state index contributed by atoms with van der Waals surface area (Å²) in [5, 5.41) is 4.60. The maximum atomic E-state index is 13.4. The number of methoxy groups -OCH3 is 1. The minimum absolute atomic E-state index is 0.165. The van der Waals surface area contributed by atoms with Gasteiger partial charge in [-0.2, -0.15) is 9.61 Å². The maximum Gasteiger partial charge on any atom is 0.228 e. The Labute approximate surface area is 268 Å². The molecule has 0 bridgehead atoms. The van der Waals surface area contributed by atoms with E-state index in [0.29, 0.717) is 18.0 Å². The Hall–Kier alpha value is -4.20. The summed E-state index contributed by atoms with van der Waals surface area (Å²) in [6.07, 6.45) is 10.7. The van der Waals surface area contributed by atoms with E-state index in [9.17, 15) is 4.79 Å². The van der Waals surface area contributed by atoms with Crippen LogP contribution in [-0.4, -0.2) is 50.6 Å². The smallest absolute Gasteiger partial charge is 0.228 e. The number of hydrogen-bond acceptors (Lipinski definition) is 6. The number of pyridine rings is 1. The maximum absolute atomic E-state index is 13.4. The highest BCUT2D eigenvalue weighted by molar-refractivity contribution is 5.82. The van der Waals surface area contributed by atoms with Crippen LogP contribution in [0.4, 0.5) is 5.82 Å². The summed E-state index contributed by atoms with van der Waals surface area (Å²) in [7, 11) is 1.70. The lowest BCUT2D eigenvalue weighted by Gasteiger charge is -2.32. The number of nitrogens with two attached hydrogens (primary N) is 1. The number of carbonyl (C=O) groups is 1. The first-order valence-corrected chi connectivity index (χ1v) is 16.5. The van der Waals surface area contributed by atoms with Gasteiger partial charge in [-0.05, 0) is 68.4 Å². The summed E-state index contributed by atoms with van der Waals surface area (Å²) in [5.41, 5.74) is 13.7. The number of nitrogen functional groups attached to an aromatic ring is 1. The van der Waals surface area contributed by atoms with Gasteiger partial charge >= 0.3 is 0 Å². The third kappa shape index (κ3) is 6.60. The molecule has 1 amide bonds. The van der Waals surface area contributed by atoms with Crippen molar-refractivity contribution in [3.63, 3.8) is 0 Å². The van der Waals surface area contributed by atoms with Crippen molar-refractivity contribution in [2.45, 2.75) is 86.0 Å². The molecule has 8 nitrogen and oxygen atoms in total. The minimum Gasteiger partial charge on any atom is -0.496 e. The Kier molecular flexibility index (Phi) is 11.0. The van der Waals surface area contributed by atoms with Crippen molar-refractivity contribution in [3.8, 4) is 28.1 Å². The van der Waals surface area contributed by atoms with Crippen molar-refractivity contribution in [2.75, 3.05) is 25.9 Å². The highest BCUT2D eigenvalue weighted by Crippen LogP contribution is 2.37. The van der Waals surface area contributed by atoms with Crippen LogP contribution in [0.25, 0.3) is 34.1 Å². The van der Waals surface area contributed by atoms with Crippen LogP contribution in [0, 0.1) is 5.41 Å². The number of hydrogen-bond donors (Lipinski definition) is 1. The SMILES string of the molecule is C=Cc1c(C2CCCN(C(=O)C(C)(CC)CC)CC2)nc2c(-c3ccc(-c4ccc(OC)c(CC)c4)nc3)cnn2c1N.CC. The summed E-state index contributed by atoms with van der Waals surface area (Å²) in [6, 6.07) is 10.2. The molecular weight excluding hydrogens is 560 g/mol. The van der Waals surface area contributed by atoms with E-state index in [1.165, 1.54) is 0 Å². The molecule has 3 aromatic heterocycles. The molecule has 1 atom stereocenters. The molecule has 0 spiro atoms. The molecule has 240 valence electrons. The molecule has 0 radical (unpaired) electrons. The van der Waals surface area contributed by atoms with Gasteiger partial charge in [-0.15, -0.1) is 0 Å². The van der Waals surface area contributed by atoms with E-state index in [1.54, 1.807) is 23.9 Å². The van der Waals surface area contributed by atoms with E-state index >= 15 is 0 Å². The van der Waals surface area contributed by atoms with Gasteiger partial charge in [0.15, 0.2) is 5.65 Å². The van der Waals surface area contributed by atoms with Crippen LogP contribution in [0.1, 0.15) is 96.4 Å². The van der Waals surface area contributed by atoms with Gasteiger partial charge in [0.05, 0.1) is 24.7 Å². The first kappa shape index (κ1) is 33.7. The van der Waals surface area contributed by atoms with E-state index in [-0.39, 0.29) is 17.2 Å². The van der Waals surface area contributed by atoms with E-state index in [2.05, 4.69) is 56.4 Å². The highest BCUT2D eigenvalue weighted by Gasteiger charge is 2.35. The summed E-state index contributed by atoms with van der Waals surface area (Å²) in [4.78, 5) is 25.5. The van der Waals surface area contributed by atoms with Gasteiger partial charge in [0.25, 0.3) is 0 Å². The number of nitrogens with zero attached hydrogens (tertiary/aromatic N) is 5. The fraction of sp³-hybridized carbons (Fsp3) is 0.459. The topological polar surface area (TPSA) is 98.6 Å². The fourth-order valence-electron chi connectivity index (χ4n) is 6.21. The Balaban J connectivity index is 0.00000226. The number of aryl methyl sites for hydroxylation is 1. The number of amides is 1. The number of aromatic nitrogens is 4. The van der Waals surface area contributed by atoms with Crippen LogP contribution < -0.4 is 10.5 Å². The molecule has 45 heavy (non-hydrogen) atoms. The van der Waals surface area contributed by atoms with Crippen LogP contribution in [0.2, 0.25) is 0 Å². The van der Waals surface area contributed by atoms with Crippen LogP contribution >= 0.6 is 0 Å². The Bertz CT molecular complexity index is 1620. The number of rotatable bonds is 9. The molecular formula is C37H50N6O2. The lowest BCUT2D eigenvalue weighted by atomic mass is 9.83. The van der Waals surface area contributed by atoms with Crippen LogP contribution in [0.3, 0.4) is 0 Å². The molecule has 0 saturated carbocycles. The van der Waals surface area contributed by atoms with Gasteiger partial charge in [-0.3, -0.25) is 9.78 Å². The molecule has 4 aromatic rings. The van der Waals surface area contributed by atoms with E-state index in [1.807, 2.05) is 38.2 Å². The molecule has 4 heterocycles. The normalized spacial score (nSPS) is 15.3. The average molecular weight is 611 g/mol. The lowest BCUT2D eigenvalue weighted by Crippen LogP contribution is -2.42. The Morgan fingerprint density at radius 2 is 1.82 bits per heavy atom. The van der Waals surface area contributed by atoms with Gasteiger partial charge in [0, 0.05) is 52.9 Å². The third-order valence-corrected chi connectivity index (χ3v) is 9.46. The molecule has 1 aliphatic rings. The van der Waals surface area contributed by atoms with Crippen LogP contribution in [-0.2, 0) is 11.2 Å². The van der Waals surface area contributed by atoms with Crippen molar-refractivity contribution in [2.24, 2.45) is 5.41 Å². The van der Waals surface area contributed by atoms with E-state index in [4.69, 9.17) is 20.4 Å². The molecule has 1 fully saturated rings. The van der Waals surface area contributed by atoms with Gasteiger partial charge in [-0.25, -0.2) is 4.98 Å². The number of fused-ring (bicyclic) bond motifs is 1. The number of carbonyl (C=O) groups excluding carboxylic acids is 1. The quantitative estimate of drug-likeness (QED) is 0.205. The van der Waals surface area contributed by atoms with Gasteiger partial charge in [0.2, 0.25) is 5.91 Å².